The van der Waals surface area contributed by atoms with Crippen molar-refractivity contribution >= 4 is 27.6 Å². The van der Waals surface area contributed by atoms with Gasteiger partial charge in [0.1, 0.15) is 18.2 Å². The third-order valence-electron chi connectivity index (χ3n) is 6.31. The number of pyridine rings is 1. The van der Waals surface area contributed by atoms with Crippen LogP contribution in [0.4, 0.5) is 5.69 Å². The summed E-state index contributed by atoms with van der Waals surface area (Å²) < 4.78 is 34.8. The van der Waals surface area contributed by atoms with E-state index in [1.165, 1.54) is 0 Å². The summed E-state index contributed by atoms with van der Waals surface area (Å²) in [4.78, 5) is 3.73. The molecule has 3 nitrogen and oxygen atoms in total. The number of benzene rings is 3. The molecule has 0 bridgehead atoms. The van der Waals surface area contributed by atoms with Gasteiger partial charge in [0.2, 0.25) is 11.4 Å². The smallest absolute Gasteiger partial charge is 0.229 e. The van der Waals surface area contributed by atoms with E-state index in [1.54, 1.807) is 19.9 Å². The van der Waals surface area contributed by atoms with E-state index in [2.05, 4.69) is 4.85 Å². The maximum absolute atomic E-state index is 9.13. The number of hydrogen-bond acceptors (Lipinski definition) is 1. The van der Waals surface area contributed by atoms with E-state index in [1.807, 2.05) is 74.0 Å². The second kappa shape index (κ2) is 7.90. The Balaban J connectivity index is 1.98. The number of hydrogen-bond donors (Lipinski definition) is 0. The fraction of sp³-hybridized carbons (Fsp3) is 0.200. The molecule has 0 atom stereocenters. The predicted molar refractivity (Wildman–Crippen MR) is 136 cm³/mol. The van der Waals surface area contributed by atoms with Gasteiger partial charge in [0.05, 0.1) is 14.9 Å². The van der Waals surface area contributed by atoms with Crippen molar-refractivity contribution in [2.45, 2.75) is 33.6 Å². The number of nitrogens with zero attached hydrogens (tertiary/aromatic N) is 2. The van der Waals surface area contributed by atoms with Crippen LogP contribution in [0.15, 0.2) is 71.1 Å². The zero-order chi connectivity index (χ0) is 25.9. The molecule has 0 aliphatic rings. The van der Waals surface area contributed by atoms with Crippen LogP contribution in [-0.2, 0) is 7.05 Å². The van der Waals surface area contributed by atoms with E-state index in [9.17, 15) is 0 Å². The zero-order valence-corrected chi connectivity index (χ0v) is 19.5. The summed E-state index contributed by atoms with van der Waals surface area (Å²) in [6, 6.07) is 18.2. The molecule has 0 radical (unpaired) electrons. The molecule has 5 aromatic rings. The lowest BCUT2D eigenvalue weighted by atomic mass is 9.94. The molecule has 2 aromatic heterocycles. The van der Waals surface area contributed by atoms with Crippen LogP contribution < -0.4 is 4.57 Å². The fourth-order valence-corrected chi connectivity index (χ4v) is 4.42. The van der Waals surface area contributed by atoms with Gasteiger partial charge in [0, 0.05) is 31.2 Å². The quantitative estimate of drug-likeness (QED) is 0.208. The maximum Gasteiger partial charge on any atom is 0.229 e. The van der Waals surface area contributed by atoms with Crippen molar-refractivity contribution in [1.82, 2.24) is 0 Å². The first-order valence-electron chi connectivity index (χ1n) is 12.5. The first-order chi connectivity index (χ1) is 17.1. The Morgan fingerprint density at radius 2 is 1.76 bits per heavy atom. The van der Waals surface area contributed by atoms with Gasteiger partial charge in [-0.1, -0.05) is 68.4 Å². The van der Waals surface area contributed by atoms with E-state index >= 15 is 0 Å². The van der Waals surface area contributed by atoms with Gasteiger partial charge < -0.3 is 4.42 Å². The molecule has 0 amide bonds. The van der Waals surface area contributed by atoms with Crippen LogP contribution >= 0.6 is 0 Å². The minimum atomic E-state index is -1.12. The first-order valence-corrected chi connectivity index (χ1v) is 11.0. The minimum Gasteiger partial charge on any atom is -0.466 e. The number of rotatable bonds is 3. The Kier molecular flexibility index (Phi) is 4.22. The molecule has 0 unspecified atom stereocenters. The molecular weight excluding hydrogens is 404 g/mol. The second-order valence-electron chi connectivity index (χ2n) is 8.67. The van der Waals surface area contributed by atoms with Gasteiger partial charge in [-0.2, -0.15) is 4.57 Å². The molecule has 0 N–H and O–H groups in total. The summed E-state index contributed by atoms with van der Waals surface area (Å²) in [7, 11) is 1.85. The van der Waals surface area contributed by atoms with Crippen LogP contribution in [0, 0.1) is 20.4 Å². The van der Waals surface area contributed by atoms with Crippen LogP contribution in [0.25, 0.3) is 49.2 Å². The van der Waals surface area contributed by atoms with Gasteiger partial charge >= 0.3 is 0 Å². The van der Waals surface area contributed by atoms with Crippen molar-refractivity contribution in [3.8, 4) is 22.4 Å². The SMILES string of the molecule is [2H]c1c(C([2H])(C)C)c([2H])c(-c2c(C)ccc3c2oc2c([N+]#[C-])ccc(-c4ccccc4)c23)[n+](C)c1C. The molecule has 0 aliphatic carbocycles. The van der Waals surface area contributed by atoms with Crippen molar-refractivity contribution in [3.63, 3.8) is 0 Å². The number of aromatic nitrogens is 1. The normalized spacial score (nSPS) is 13.0. The highest BCUT2D eigenvalue weighted by atomic mass is 16.3. The molecule has 0 aliphatic heterocycles. The first kappa shape index (κ1) is 17.6. The van der Waals surface area contributed by atoms with Crippen LogP contribution in [0.5, 0.6) is 0 Å². The Labute approximate surface area is 199 Å². The van der Waals surface area contributed by atoms with Gasteiger partial charge in [-0.05, 0) is 35.1 Å². The van der Waals surface area contributed by atoms with Crippen molar-refractivity contribution < 1.29 is 13.1 Å². The van der Waals surface area contributed by atoms with Gasteiger partial charge in [-0.3, -0.25) is 0 Å². The molecular formula is C30H27N2O+. The molecule has 3 heteroatoms. The summed E-state index contributed by atoms with van der Waals surface area (Å²) in [5, 5.41) is 1.74. The van der Waals surface area contributed by atoms with E-state index < -0.39 is 5.89 Å². The van der Waals surface area contributed by atoms with Crippen molar-refractivity contribution in [1.29, 1.82) is 0 Å². The highest BCUT2D eigenvalue weighted by Gasteiger charge is 2.25. The van der Waals surface area contributed by atoms with Crippen LogP contribution in [-0.4, -0.2) is 0 Å². The predicted octanol–water partition coefficient (Wildman–Crippen LogP) is 8.04. The summed E-state index contributed by atoms with van der Waals surface area (Å²) in [6.45, 7) is 15.0. The largest absolute Gasteiger partial charge is 0.466 e. The standard InChI is InChI=1S/C30H27N2O/c1-18(2)22-16-20(4)32(6)26(17-22)27-19(3)12-13-24-28-23(21-10-8-7-9-11-21)14-15-25(31-5)30(28)33-29(24)27/h7-18H,1-4,6H3/q+1/i16D,17D,18D. The fourth-order valence-electron chi connectivity index (χ4n) is 4.42. The lowest BCUT2D eigenvalue weighted by Crippen LogP contribution is -2.35. The van der Waals surface area contributed by atoms with E-state index in [-0.39, 0.29) is 12.1 Å². The van der Waals surface area contributed by atoms with Gasteiger partial charge in [-0.25, -0.2) is 4.85 Å². The second-order valence-corrected chi connectivity index (χ2v) is 8.67. The number of aryl methyl sites for hydroxylation is 1. The van der Waals surface area contributed by atoms with Crippen LogP contribution in [0.2, 0.25) is 0 Å². The van der Waals surface area contributed by atoms with E-state index in [0.717, 1.165) is 33.0 Å². The van der Waals surface area contributed by atoms with Gasteiger partial charge in [0.25, 0.3) is 0 Å². The Hall–Kier alpha value is -3.90. The van der Waals surface area contributed by atoms with E-state index in [0.29, 0.717) is 33.8 Å². The molecule has 0 fully saturated rings. The van der Waals surface area contributed by atoms with Crippen molar-refractivity contribution in [2.75, 3.05) is 0 Å². The molecule has 162 valence electrons. The van der Waals surface area contributed by atoms with Crippen LogP contribution in [0.1, 0.15) is 40.7 Å². The third-order valence-corrected chi connectivity index (χ3v) is 6.31. The summed E-state index contributed by atoms with van der Waals surface area (Å²) in [5.41, 5.74) is 6.91. The topological polar surface area (TPSA) is 21.4 Å². The average molecular weight is 435 g/mol. The molecule has 0 saturated carbocycles. The molecule has 0 spiro atoms. The zero-order valence-electron chi connectivity index (χ0n) is 22.5. The van der Waals surface area contributed by atoms with Crippen LogP contribution in [0.3, 0.4) is 0 Å². The summed E-state index contributed by atoms with van der Waals surface area (Å²) in [6.07, 6.45) is 0. The molecule has 33 heavy (non-hydrogen) atoms. The molecule has 5 rings (SSSR count). The Morgan fingerprint density at radius 3 is 2.45 bits per heavy atom. The van der Waals surface area contributed by atoms with E-state index in [4.69, 9.17) is 15.1 Å². The molecule has 2 heterocycles. The monoisotopic (exact) mass is 434 g/mol. The summed E-state index contributed by atoms with van der Waals surface area (Å²) >= 11 is 0. The number of furan rings is 1. The lowest BCUT2D eigenvalue weighted by Gasteiger charge is -2.11. The minimum absolute atomic E-state index is 0.151. The third kappa shape index (κ3) is 3.31. The van der Waals surface area contributed by atoms with Gasteiger partial charge in [0.15, 0.2) is 5.69 Å². The molecule has 0 saturated heterocycles. The lowest BCUT2D eigenvalue weighted by molar-refractivity contribution is -0.666. The van der Waals surface area contributed by atoms with Crippen molar-refractivity contribution in [3.05, 3.63) is 94.9 Å². The highest BCUT2D eigenvalue weighted by molar-refractivity contribution is 6.18. The highest BCUT2D eigenvalue weighted by Crippen LogP contribution is 2.44. The van der Waals surface area contributed by atoms with Crippen molar-refractivity contribution in [2.24, 2.45) is 7.05 Å². The average Bonchev–Trinajstić information content (AvgIpc) is 3.23. The number of fused-ring (bicyclic) bond motifs is 3. The Morgan fingerprint density at radius 1 is 1.00 bits per heavy atom. The maximum atomic E-state index is 9.13. The Bertz CT molecular complexity index is 1720. The summed E-state index contributed by atoms with van der Waals surface area (Å²) in [5.74, 6) is -1.12. The van der Waals surface area contributed by atoms with Gasteiger partial charge in [-0.15, -0.1) is 0 Å². The molecule has 3 aromatic carbocycles.